The van der Waals surface area contributed by atoms with E-state index >= 15 is 0 Å². The lowest BCUT2D eigenvalue weighted by Crippen LogP contribution is -2.33. The Labute approximate surface area is 144 Å². The summed E-state index contributed by atoms with van der Waals surface area (Å²) in [6, 6.07) is 11.4. The van der Waals surface area contributed by atoms with E-state index in [1.807, 2.05) is 18.0 Å². The highest BCUT2D eigenvalue weighted by Gasteiger charge is 2.25. The van der Waals surface area contributed by atoms with Crippen LogP contribution < -0.4 is 10.9 Å². The van der Waals surface area contributed by atoms with Gasteiger partial charge in [0.2, 0.25) is 5.91 Å². The number of hydrogen-bond donors (Lipinski definition) is 2. The highest BCUT2D eigenvalue weighted by Crippen LogP contribution is 2.24. The molecule has 5 nitrogen and oxygen atoms in total. The molecule has 2 N–H and O–H groups in total. The van der Waals surface area contributed by atoms with Crippen molar-refractivity contribution in [2.75, 3.05) is 20.2 Å². The third-order valence-electron chi connectivity index (χ3n) is 5.08. The first-order valence-electron chi connectivity index (χ1n) is 9.14. The van der Waals surface area contributed by atoms with Crippen LogP contribution in [0.2, 0.25) is 0 Å². The molecule has 3 unspecified atom stereocenters. The van der Waals surface area contributed by atoms with Gasteiger partial charge in [-0.05, 0) is 37.7 Å². The average Bonchev–Trinajstić information content (AvgIpc) is 3.27. The molecular weight excluding hydrogens is 302 g/mol. The molecule has 2 heterocycles. The second kappa shape index (κ2) is 8.60. The van der Waals surface area contributed by atoms with Crippen LogP contribution in [0, 0.1) is 0 Å². The molecule has 5 heteroatoms. The van der Waals surface area contributed by atoms with Gasteiger partial charge >= 0.3 is 0 Å². The Kier molecular flexibility index (Phi) is 6.24. The molecule has 0 aromatic heterocycles. The Morgan fingerprint density at radius 1 is 1.29 bits per heavy atom. The smallest absolute Gasteiger partial charge is 0.224 e. The molecule has 0 aliphatic carbocycles. The summed E-state index contributed by atoms with van der Waals surface area (Å²) in [7, 11) is 1.91. The number of ether oxygens (including phenoxy) is 1. The number of nitrogens with one attached hydrogen (secondary N) is 2. The summed E-state index contributed by atoms with van der Waals surface area (Å²) in [6.07, 6.45) is 5.99. The summed E-state index contributed by atoms with van der Waals surface area (Å²) in [5.74, 6) is 0.210. The molecule has 2 fully saturated rings. The number of nitrogens with zero attached hydrogens (tertiary/aromatic N) is 1. The van der Waals surface area contributed by atoms with Crippen molar-refractivity contribution in [2.24, 2.45) is 0 Å². The molecule has 0 radical (unpaired) electrons. The molecular formula is C19H29N3O2. The van der Waals surface area contributed by atoms with Gasteiger partial charge < -0.3 is 9.64 Å². The first kappa shape index (κ1) is 17.4. The number of carbonyl (C=O) groups excluding carboxylic acids is 1. The quantitative estimate of drug-likeness (QED) is 0.806. The number of carbonyl (C=O) groups is 1. The number of benzene rings is 1. The van der Waals surface area contributed by atoms with Gasteiger partial charge in [-0.3, -0.25) is 15.6 Å². The third kappa shape index (κ3) is 4.79. The number of rotatable bonds is 7. The fourth-order valence-electron chi connectivity index (χ4n) is 3.57. The van der Waals surface area contributed by atoms with Crippen LogP contribution in [0.25, 0.3) is 0 Å². The van der Waals surface area contributed by atoms with Gasteiger partial charge in [-0.2, -0.15) is 0 Å². The molecule has 132 valence electrons. The summed E-state index contributed by atoms with van der Waals surface area (Å²) in [6.45, 7) is 1.63. The van der Waals surface area contributed by atoms with E-state index in [-0.39, 0.29) is 12.0 Å². The summed E-state index contributed by atoms with van der Waals surface area (Å²) >= 11 is 0. The van der Waals surface area contributed by atoms with E-state index in [1.54, 1.807) is 0 Å². The van der Waals surface area contributed by atoms with E-state index < -0.39 is 0 Å². The second-order valence-corrected chi connectivity index (χ2v) is 6.98. The average molecular weight is 331 g/mol. The van der Waals surface area contributed by atoms with E-state index in [1.165, 1.54) is 5.56 Å². The lowest BCUT2D eigenvalue weighted by molar-refractivity contribution is -0.132. The van der Waals surface area contributed by atoms with Crippen molar-refractivity contribution >= 4 is 5.91 Å². The van der Waals surface area contributed by atoms with Crippen molar-refractivity contribution in [1.82, 2.24) is 15.8 Å². The Balaban J connectivity index is 1.34. The van der Waals surface area contributed by atoms with Crippen LogP contribution in [-0.4, -0.2) is 43.2 Å². The minimum Gasteiger partial charge on any atom is -0.378 e. The van der Waals surface area contributed by atoms with Crippen molar-refractivity contribution < 1.29 is 9.53 Å². The lowest BCUT2D eigenvalue weighted by atomic mass is 10.00. The molecule has 0 bridgehead atoms. The second-order valence-electron chi connectivity index (χ2n) is 6.98. The van der Waals surface area contributed by atoms with Gasteiger partial charge in [0, 0.05) is 32.3 Å². The summed E-state index contributed by atoms with van der Waals surface area (Å²) in [5.41, 5.74) is 8.11. The van der Waals surface area contributed by atoms with Gasteiger partial charge in [0.15, 0.2) is 0 Å². The zero-order chi connectivity index (χ0) is 16.8. The molecule has 3 rings (SSSR count). The summed E-state index contributed by atoms with van der Waals surface area (Å²) in [4.78, 5) is 14.0. The zero-order valence-electron chi connectivity index (χ0n) is 14.5. The van der Waals surface area contributed by atoms with Crippen LogP contribution in [0.4, 0.5) is 0 Å². The maximum atomic E-state index is 12.2. The molecule has 0 spiro atoms. The van der Waals surface area contributed by atoms with Gasteiger partial charge in [-0.15, -0.1) is 0 Å². The molecule has 1 amide bonds. The number of hydrogen-bond acceptors (Lipinski definition) is 4. The first-order chi connectivity index (χ1) is 11.7. The van der Waals surface area contributed by atoms with E-state index in [0.717, 1.165) is 45.3 Å². The Morgan fingerprint density at radius 3 is 2.88 bits per heavy atom. The van der Waals surface area contributed by atoms with Gasteiger partial charge in [0.1, 0.15) is 0 Å². The molecule has 3 atom stereocenters. The fraction of sp³-hybridized carbons (Fsp3) is 0.632. The van der Waals surface area contributed by atoms with Crippen LogP contribution in [0.5, 0.6) is 0 Å². The van der Waals surface area contributed by atoms with E-state index in [4.69, 9.17) is 4.74 Å². The van der Waals surface area contributed by atoms with Gasteiger partial charge in [0.25, 0.3) is 0 Å². The van der Waals surface area contributed by atoms with Crippen LogP contribution in [-0.2, 0) is 9.53 Å². The zero-order valence-corrected chi connectivity index (χ0v) is 14.5. The summed E-state index contributed by atoms with van der Waals surface area (Å²) in [5, 5.41) is 0. The highest BCUT2D eigenvalue weighted by molar-refractivity contribution is 5.76. The van der Waals surface area contributed by atoms with Gasteiger partial charge in [0.05, 0.1) is 12.5 Å². The number of hydrazine groups is 1. The minimum absolute atomic E-state index is 0.146. The SMILES string of the molecule is CN(CCCC1CC(c2ccccc2)NN1)C(=O)CC1CCCO1. The Morgan fingerprint density at radius 2 is 2.12 bits per heavy atom. The van der Waals surface area contributed by atoms with Crippen molar-refractivity contribution in [3.63, 3.8) is 0 Å². The lowest BCUT2D eigenvalue weighted by Gasteiger charge is -2.20. The normalized spacial score (nSPS) is 26.6. The first-order valence-corrected chi connectivity index (χ1v) is 9.14. The van der Waals surface area contributed by atoms with Crippen molar-refractivity contribution in [2.45, 2.75) is 56.7 Å². The predicted octanol–water partition coefficient (Wildman–Crippen LogP) is 2.40. The Hall–Kier alpha value is -1.43. The van der Waals surface area contributed by atoms with Crippen LogP contribution in [0.3, 0.4) is 0 Å². The van der Waals surface area contributed by atoms with Crippen molar-refractivity contribution in [3.05, 3.63) is 35.9 Å². The largest absolute Gasteiger partial charge is 0.378 e. The molecule has 2 saturated heterocycles. The topological polar surface area (TPSA) is 53.6 Å². The Bertz CT molecular complexity index is 517. The van der Waals surface area contributed by atoms with Crippen LogP contribution in [0.15, 0.2) is 30.3 Å². The third-order valence-corrected chi connectivity index (χ3v) is 5.08. The minimum atomic E-state index is 0.146. The monoisotopic (exact) mass is 331 g/mol. The highest BCUT2D eigenvalue weighted by atomic mass is 16.5. The van der Waals surface area contributed by atoms with Gasteiger partial charge in [-0.25, -0.2) is 0 Å². The standard InChI is InChI=1S/C19H29N3O2/c1-22(19(23)14-17-10-6-12-24-17)11-5-9-16-13-18(21-20-16)15-7-3-2-4-8-15/h2-4,7-8,16-18,20-21H,5-6,9-14H2,1H3. The fourth-order valence-corrected chi connectivity index (χ4v) is 3.57. The van der Waals surface area contributed by atoms with Crippen molar-refractivity contribution in [1.29, 1.82) is 0 Å². The number of amides is 1. The molecule has 1 aromatic rings. The van der Waals surface area contributed by atoms with Crippen LogP contribution >= 0.6 is 0 Å². The summed E-state index contributed by atoms with van der Waals surface area (Å²) < 4.78 is 5.55. The van der Waals surface area contributed by atoms with Gasteiger partial charge in [-0.1, -0.05) is 30.3 Å². The maximum Gasteiger partial charge on any atom is 0.224 e. The van der Waals surface area contributed by atoms with E-state index in [0.29, 0.717) is 18.5 Å². The van der Waals surface area contributed by atoms with Crippen molar-refractivity contribution in [3.8, 4) is 0 Å². The van der Waals surface area contributed by atoms with E-state index in [2.05, 4.69) is 35.1 Å². The maximum absolute atomic E-state index is 12.2. The molecule has 24 heavy (non-hydrogen) atoms. The molecule has 0 saturated carbocycles. The van der Waals surface area contributed by atoms with E-state index in [9.17, 15) is 4.79 Å². The molecule has 1 aromatic carbocycles. The van der Waals surface area contributed by atoms with Crippen LogP contribution in [0.1, 0.15) is 50.1 Å². The molecule has 2 aliphatic rings. The predicted molar refractivity (Wildman–Crippen MR) is 94.3 cm³/mol. The molecule has 2 aliphatic heterocycles.